The Bertz CT molecular complexity index is 1070. The number of amides is 2. The van der Waals surface area contributed by atoms with Gasteiger partial charge in [0, 0.05) is 36.8 Å². The Balaban J connectivity index is 1.93. The zero-order chi connectivity index (χ0) is 24.0. The number of aromatic nitrogens is 2. The predicted molar refractivity (Wildman–Crippen MR) is 141 cm³/mol. The summed E-state index contributed by atoms with van der Waals surface area (Å²) in [6, 6.07) is 11.6. The van der Waals surface area contributed by atoms with Crippen molar-refractivity contribution in [3.05, 3.63) is 47.0 Å². The molecular formula is C25H34N6OS. The molecule has 8 heteroatoms. The highest BCUT2D eigenvalue weighted by Crippen LogP contribution is 2.29. The predicted octanol–water partition coefficient (Wildman–Crippen LogP) is 6.09. The molecule has 7 nitrogen and oxygen atoms in total. The van der Waals surface area contributed by atoms with Gasteiger partial charge in [-0.25, -0.2) is 14.8 Å². The van der Waals surface area contributed by atoms with Crippen molar-refractivity contribution in [3.8, 4) is 11.3 Å². The molecule has 2 amide bonds. The lowest BCUT2D eigenvalue weighted by atomic mass is 10.1. The number of nitrogens with zero attached hydrogens (tertiary/aromatic N) is 4. The van der Waals surface area contributed by atoms with E-state index in [1.54, 1.807) is 4.90 Å². The van der Waals surface area contributed by atoms with Gasteiger partial charge in [-0.1, -0.05) is 38.3 Å². The van der Waals surface area contributed by atoms with Crippen LogP contribution in [0.15, 0.2) is 36.4 Å². The molecule has 33 heavy (non-hydrogen) atoms. The topological polar surface area (TPSA) is 87.4 Å². The molecule has 176 valence electrons. The third kappa shape index (κ3) is 6.22. The summed E-state index contributed by atoms with van der Waals surface area (Å²) in [5.41, 5.74) is 10.5. The lowest BCUT2D eigenvalue weighted by Gasteiger charge is -2.24. The van der Waals surface area contributed by atoms with Gasteiger partial charge in [-0.2, -0.15) is 0 Å². The fraction of sp³-hybridized carbons (Fsp3) is 0.400. The Kier molecular flexibility index (Phi) is 8.27. The van der Waals surface area contributed by atoms with E-state index in [-0.39, 0.29) is 6.03 Å². The number of pyridine rings is 1. The molecule has 2 aromatic heterocycles. The van der Waals surface area contributed by atoms with Crippen LogP contribution in [0, 0.1) is 13.8 Å². The Hall–Kier alpha value is -3.13. The highest BCUT2D eigenvalue weighted by atomic mass is 32.1. The maximum absolute atomic E-state index is 13.3. The van der Waals surface area contributed by atoms with E-state index in [4.69, 9.17) is 10.7 Å². The van der Waals surface area contributed by atoms with Gasteiger partial charge in [-0.05, 0) is 44.5 Å². The van der Waals surface area contributed by atoms with Crippen molar-refractivity contribution in [2.24, 2.45) is 0 Å². The molecule has 3 N–H and O–H groups in total. The van der Waals surface area contributed by atoms with Crippen LogP contribution >= 0.6 is 11.3 Å². The highest BCUT2D eigenvalue weighted by Gasteiger charge is 2.21. The highest BCUT2D eigenvalue weighted by molar-refractivity contribution is 7.15. The Morgan fingerprint density at radius 2 is 1.88 bits per heavy atom. The maximum Gasteiger partial charge on any atom is 0.329 e. The van der Waals surface area contributed by atoms with Gasteiger partial charge in [0.1, 0.15) is 0 Å². The summed E-state index contributed by atoms with van der Waals surface area (Å²) in [6.07, 6.45) is 4.17. The van der Waals surface area contributed by atoms with Gasteiger partial charge in [0.25, 0.3) is 0 Å². The molecule has 0 unspecified atom stereocenters. The molecular weight excluding hydrogens is 432 g/mol. The molecule has 0 aliphatic carbocycles. The summed E-state index contributed by atoms with van der Waals surface area (Å²) in [7, 11) is 4.01. The molecule has 0 saturated heterocycles. The van der Waals surface area contributed by atoms with E-state index >= 15 is 0 Å². The molecule has 0 aliphatic rings. The minimum Gasteiger partial charge on any atom is -0.396 e. The van der Waals surface area contributed by atoms with E-state index in [9.17, 15) is 4.79 Å². The van der Waals surface area contributed by atoms with E-state index in [1.807, 2.05) is 63.2 Å². The fourth-order valence-corrected chi connectivity index (χ4v) is 4.27. The van der Waals surface area contributed by atoms with Crippen molar-refractivity contribution in [1.29, 1.82) is 0 Å². The van der Waals surface area contributed by atoms with Crippen LogP contribution in [0.1, 0.15) is 43.2 Å². The summed E-state index contributed by atoms with van der Waals surface area (Å²) in [4.78, 5) is 27.4. The van der Waals surface area contributed by atoms with Crippen LogP contribution < -0.4 is 20.9 Å². The second-order valence-corrected chi connectivity index (χ2v) is 9.56. The molecule has 0 radical (unpaired) electrons. The van der Waals surface area contributed by atoms with Gasteiger partial charge in [-0.3, -0.25) is 10.2 Å². The van der Waals surface area contributed by atoms with Crippen LogP contribution in [-0.2, 0) is 0 Å². The largest absolute Gasteiger partial charge is 0.396 e. The van der Waals surface area contributed by atoms with Crippen molar-refractivity contribution in [2.45, 2.75) is 46.5 Å². The number of carbonyl (C=O) groups excluding carboxylic acids is 1. The average molecular weight is 467 g/mol. The van der Waals surface area contributed by atoms with Crippen molar-refractivity contribution in [2.75, 3.05) is 41.5 Å². The van der Waals surface area contributed by atoms with Crippen LogP contribution in [-0.4, -0.2) is 36.6 Å². The lowest BCUT2D eigenvalue weighted by molar-refractivity contribution is 0.256. The summed E-state index contributed by atoms with van der Waals surface area (Å²) in [5, 5.41) is 3.53. The number of nitrogens with one attached hydrogen (secondary N) is 1. The average Bonchev–Trinajstić information content (AvgIpc) is 3.11. The van der Waals surface area contributed by atoms with Gasteiger partial charge in [0.05, 0.1) is 17.1 Å². The number of anilines is 4. The first-order valence-corrected chi connectivity index (χ1v) is 12.2. The van der Waals surface area contributed by atoms with E-state index in [1.165, 1.54) is 11.3 Å². The molecule has 0 bridgehead atoms. The van der Waals surface area contributed by atoms with Gasteiger partial charge in [0.2, 0.25) is 0 Å². The quantitative estimate of drug-likeness (QED) is 0.373. The van der Waals surface area contributed by atoms with Crippen LogP contribution in [0.4, 0.5) is 27.1 Å². The molecule has 0 saturated carbocycles. The van der Waals surface area contributed by atoms with Gasteiger partial charge in [0.15, 0.2) is 10.9 Å². The molecule has 0 spiro atoms. The smallest absolute Gasteiger partial charge is 0.329 e. The number of benzene rings is 1. The number of nitrogens with two attached hydrogens (primary N) is 1. The minimum atomic E-state index is -0.265. The number of carbonyl (C=O) groups is 1. The van der Waals surface area contributed by atoms with E-state index in [0.29, 0.717) is 23.2 Å². The summed E-state index contributed by atoms with van der Waals surface area (Å²) in [6.45, 7) is 6.64. The number of hydrogen-bond donors (Lipinski definition) is 2. The summed E-state index contributed by atoms with van der Waals surface area (Å²) < 4.78 is 0. The Morgan fingerprint density at radius 3 is 2.55 bits per heavy atom. The third-order valence-electron chi connectivity index (χ3n) is 5.54. The van der Waals surface area contributed by atoms with Crippen molar-refractivity contribution in [1.82, 2.24) is 9.97 Å². The standard InChI is InChI=1S/C25H34N6OS/c1-6-7-8-9-15-31(25(32)29-24-27-17(2)18(3)33-24)23-21(26)13-14-22(28-23)19-11-10-12-20(16-19)30(4)5/h10-14,16H,6-9,15,26H2,1-5H3,(H,27,29,32). The lowest BCUT2D eigenvalue weighted by Crippen LogP contribution is -2.37. The van der Waals surface area contributed by atoms with Gasteiger partial charge < -0.3 is 10.6 Å². The Labute approximate surface area is 200 Å². The maximum atomic E-state index is 13.3. The van der Waals surface area contributed by atoms with Gasteiger partial charge in [-0.15, -0.1) is 11.3 Å². The zero-order valence-corrected chi connectivity index (χ0v) is 21.0. The monoisotopic (exact) mass is 466 g/mol. The zero-order valence-electron chi connectivity index (χ0n) is 20.2. The molecule has 0 atom stereocenters. The molecule has 1 aromatic carbocycles. The van der Waals surface area contributed by atoms with Crippen molar-refractivity contribution >= 4 is 39.7 Å². The first-order valence-electron chi connectivity index (χ1n) is 11.4. The number of nitrogen functional groups attached to an aromatic ring is 1. The molecule has 2 heterocycles. The fourth-order valence-electron chi connectivity index (χ4n) is 3.47. The number of thiazole rings is 1. The van der Waals surface area contributed by atoms with Crippen LogP contribution in [0.2, 0.25) is 0 Å². The number of hydrogen-bond acceptors (Lipinski definition) is 6. The number of aryl methyl sites for hydroxylation is 2. The Morgan fingerprint density at radius 1 is 1.09 bits per heavy atom. The summed E-state index contributed by atoms with van der Waals surface area (Å²) >= 11 is 1.47. The second-order valence-electron chi connectivity index (χ2n) is 8.36. The molecule has 0 fully saturated rings. The number of rotatable bonds is 9. The van der Waals surface area contributed by atoms with Crippen molar-refractivity contribution < 1.29 is 4.79 Å². The second kappa shape index (κ2) is 11.1. The van der Waals surface area contributed by atoms with Crippen LogP contribution in [0.25, 0.3) is 11.3 Å². The first-order chi connectivity index (χ1) is 15.8. The molecule has 0 aliphatic heterocycles. The normalized spacial score (nSPS) is 10.8. The van der Waals surface area contributed by atoms with Gasteiger partial charge >= 0.3 is 6.03 Å². The third-order valence-corrected chi connectivity index (χ3v) is 6.53. The van der Waals surface area contributed by atoms with Crippen LogP contribution in [0.3, 0.4) is 0 Å². The number of unbranched alkanes of at least 4 members (excludes halogenated alkanes) is 3. The molecule has 3 aromatic rings. The first kappa shape index (κ1) is 24.5. The number of urea groups is 1. The summed E-state index contributed by atoms with van der Waals surface area (Å²) in [5.74, 6) is 0.474. The van der Waals surface area contributed by atoms with Crippen LogP contribution in [0.5, 0.6) is 0 Å². The van der Waals surface area contributed by atoms with Crippen molar-refractivity contribution in [3.63, 3.8) is 0 Å². The van der Waals surface area contributed by atoms with E-state index < -0.39 is 0 Å². The SMILES string of the molecule is CCCCCCN(C(=O)Nc1nc(C)c(C)s1)c1nc(-c2cccc(N(C)C)c2)ccc1N. The van der Waals surface area contributed by atoms with E-state index in [2.05, 4.69) is 23.3 Å². The van der Waals surface area contributed by atoms with E-state index in [0.717, 1.165) is 53.2 Å². The minimum absolute atomic E-state index is 0.265. The molecule has 3 rings (SSSR count).